The summed E-state index contributed by atoms with van der Waals surface area (Å²) in [4.78, 5) is 18.1. The number of carboxylic acids is 1. The van der Waals surface area contributed by atoms with E-state index in [0.29, 0.717) is 43.8 Å². The Hall–Kier alpha value is -2.87. The number of likely N-dealkylation sites (tertiary alicyclic amines) is 1. The molecule has 3 rings (SSSR count). The van der Waals surface area contributed by atoms with Crippen molar-refractivity contribution in [3.05, 3.63) is 59.4 Å². The molecule has 0 saturated carbocycles. The van der Waals surface area contributed by atoms with Gasteiger partial charge in [-0.3, -0.25) is 9.69 Å². The quantitative estimate of drug-likeness (QED) is 0.445. The van der Waals surface area contributed by atoms with Crippen molar-refractivity contribution in [2.24, 2.45) is 11.1 Å². The number of halogens is 3. The van der Waals surface area contributed by atoms with Crippen LogP contribution in [0.1, 0.15) is 12.0 Å². The van der Waals surface area contributed by atoms with Gasteiger partial charge in [-0.05, 0) is 18.5 Å². The fourth-order valence-corrected chi connectivity index (χ4v) is 3.19. The van der Waals surface area contributed by atoms with Crippen molar-refractivity contribution in [2.45, 2.75) is 6.42 Å². The Balaban J connectivity index is 1.62. The molecule has 0 radical (unpaired) electrons. The predicted molar refractivity (Wildman–Crippen MR) is 97.5 cm³/mol. The van der Waals surface area contributed by atoms with Gasteiger partial charge in [0.1, 0.15) is 24.1 Å². The Morgan fingerprint density at radius 1 is 1.25 bits per heavy atom. The first-order valence-corrected chi connectivity index (χ1v) is 8.80. The molecule has 1 aliphatic rings. The molecular weight excluding hydrogens is 373 g/mol. The van der Waals surface area contributed by atoms with Gasteiger partial charge in [-0.1, -0.05) is 29.4 Å². The van der Waals surface area contributed by atoms with E-state index < -0.39 is 23.4 Å². The maximum Gasteiger partial charge on any atom is 0.307 e. The Kier molecular flexibility index (Phi) is 6.30. The van der Waals surface area contributed by atoms with Gasteiger partial charge in [-0.15, -0.1) is 0 Å². The Morgan fingerprint density at radius 3 is 2.64 bits per heavy atom. The van der Waals surface area contributed by atoms with Gasteiger partial charge in [-0.25, -0.2) is 13.2 Å². The Bertz CT molecular complexity index is 866. The van der Waals surface area contributed by atoms with Gasteiger partial charge >= 0.3 is 5.97 Å². The molecule has 0 aliphatic carbocycles. The van der Waals surface area contributed by atoms with E-state index in [1.54, 1.807) is 18.2 Å². The summed E-state index contributed by atoms with van der Waals surface area (Å²) in [5.41, 5.74) is 0.313. The molecule has 1 unspecified atom stereocenters. The zero-order valence-electron chi connectivity index (χ0n) is 14.9. The lowest BCUT2D eigenvalue weighted by Crippen LogP contribution is -2.26. The minimum absolute atomic E-state index is 0.230. The van der Waals surface area contributed by atoms with E-state index in [2.05, 4.69) is 5.16 Å². The van der Waals surface area contributed by atoms with Crippen LogP contribution >= 0.6 is 0 Å². The minimum Gasteiger partial charge on any atom is -0.481 e. The average Bonchev–Trinajstić information content (AvgIpc) is 3.11. The van der Waals surface area contributed by atoms with Gasteiger partial charge in [0.05, 0.1) is 17.7 Å². The van der Waals surface area contributed by atoms with Crippen molar-refractivity contribution in [2.75, 3.05) is 26.2 Å². The number of aliphatic carboxylic acids is 1. The summed E-state index contributed by atoms with van der Waals surface area (Å²) in [6.45, 7) is 1.96. The normalized spacial score (nSPS) is 17.3. The maximum atomic E-state index is 14.1. The second-order valence-corrected chi connectivity index (χ2v) is 6.52. The lowest BCUT2D eigenvalue weighted by Gasteiger charge is -2.13. The van der Waals surface area contributed by atoms with E-state index in [9.17, 15) is 18.0 Å². The summed E-state index contributed by atoms with van der Waals surface area (Å²) >= 11 is 0. The van der Waals surface area contributed by atoms with E-state index >= 15 is 0 Å². The third-order valence-corrected chi connectivity index (χ3v) is 4.62. The van der Waals surface area contributed by atoms with Crippen molar-refractivity contribution >= 4 is 12.2 Å². The molecule has 0 aromatic heterocycles. The molecule has 0 spiro atoms. The summed E-state index contributed by atoms with van der Waals surface area (Å²) < 4.78 is 41.3. The topological polar surface area (TPSA) is 62.1 Å². The van der Waals surface area contributed by atoms with Crippen LogP contribution in [0.25, 0.3) is 11.1 Å². The molecule has 1 fully saturated rings. The largest absolute Gasteiger partial charge is 0.481 e. The van der Waals surface area contributed by atoms with Gasteiger partial charge in [0.15, 0.2) is 0 Å². The van der Waals surface area contributed by atoms with Crippen molar-refractivity contribution in [3.8, 4) is 11.1 Å². The standard InChI is InChI=1S/C20H19F3N2O3/c21-15-9-17(22)19(18(23)10-15)16-4-2-1-3-13(16)11-24-28-8-7-25-6-5-14(12-25)20(26)27/h1-4,9-11,14H,5-8,12H2,(H,26,27)/b24-11+. The van der Waals surface area contributed by atoms with Crippen molar-refractivity contribution in [3.63, 3.8) is 0 Å². The van der Waals surface area contributed by atoms with Gasteiger partial charge < -0.3 is 9.94 Å². The van der Waals surface area contributed by atoms with E-state index in [4.69, 9.17) is 9.94 Å². The second kappa shape index (κ2) is 8.88. The first-order chi connectivity index (χ1) is 13.5. The molecular formula is C20H19F3N2O3. The summed E-state index contributed by atoms with van der Waals surface area (Å²) in [5, 5.41) is 12.8. The number of oxime groups is 1. The highest BCUT2D eigenvalue weighted by Crippen LogP contribution is 2.29. The number of rotatable bonds is 7. The summed E-state index contributed by atoms with van der Waals surface area (Å²) in [6.07, 6.45) is 1.95. The molecule has 148 valence electrons. The van der Waals surface area contributed by atoms with Crippen LogP contribution in [0.4, 0.5) is 13.2 Å². The number of hydrogen-bond acceptors (Lipinski definition) is 4. The third kappa shape index (κ3) is 4.69. The fraction of sp³-hybridized carbons (Fsp3) is 0.300. The monoisotopic (exact) mass is 392 g/mol. The first-order valence-electron chi connectivity index (χ1n) is 8.80. The number of benzene rings is 2. The van der Waals surface area contributed by atoms with E-state index in [0.717, 1.165) is 0 Å². The number of carboxylic acid groups (broad SMARTS) is 1. The van der Waals surface area contributed by atoms with Crippen LogP contribution in [-0.2, 0) is 9.63 Å². The van der Waals surface area contributed by atoms with Crippen LogP contribution < -0.4 is 0 Å². The predicted octanol–water partition coefficient (Wildman–Crippen LogP) is 3.53. The summed E-state index contributed by atoms with van der Waals surface area (Å²) in [6, 6.07) is 7.67. The van der Waals surface area contributed by atoms with Crippen LogP contribution in [0.15, 0.2) is 41.6 Å². The van der Waals surface area contributed by atoms with Crippen molar-refractivity contribution in [1.82, 2.24) is 4.90 Å². The summed E-state index contributed by atoms with van der Waals surface area (Å²) in [7, 11) is 0. The molecule has 2 aromatic carbocycles. The molecule has 1 aliphatic heterocycles. The van der Waals surface area contributed by atoms with Crippen molar-refractivity contribution in [1.29, 1.82) is 0 Å². The first kappa shape index (κ1) is 19.9. The van der Waals surface area contributed by atoms with Crippen LogP contribution in [0.5, 0.6) is 0 Å². The van der Waals surface area contributed by atoms with Crippen LogP contribution in [0.3, 0.4) is 0 Å². The highest BCUT2D eigenvalue weighted by molar-refractivity contribution is 5.90. The minimum atomic E-state index is -0.999. The molecule has 5 nitrogen and oxygen atoms in total. The highest BCUT2D eigenvalue weighted by Gasteiger charge is 2.27. The smallest absolute Gasteiger partial charge is 0.307 e. The van der Waals surface area contributed by atoms with Crippen LogP contribution in [0, 0.1) is 23.4 Å². The second-order valence-electron chi connectivity index (χ2n) is 6.52. The lowest BCUT2D eigenvalue weighted by atomic mass is 9.99. The van der Waals surface area contributed by atoms with E-state index in [1.807, 2.05) is 4.90 Å². The molecule has 1 saturated heterocycles. The molecule has 1 heterocycles. The molecule has 0 bridgehead atoms. The van der Waals surface area contributed by atoms with Crippen molar-refractivity contribution < 1.29 is 27.9 Å². The highest BCUT2D eigenvalue weighted by atomic mass is 19.1. The van der Waals surface area contributed by atoms with Crippen LogP contribution in [-0.4, -0.2) is 48.4 Å². The fourth-order valence-electron chi connectivity index (χ4n) is 3.19. The summed E-state index contributed by atoms with van der Waals surface area (Å²) in [5.74, 6) is -4.13. The molecule has 1 N–H and O–H groups in total. The SMILES string of the molecule is O=C(O)C1CCN(CCO/N=C/c2ccccc2-c2c(F)cc(F)cc2F)C1. The number of carbonyl (C=O) groups is 1. The molecule has 8 heteroatoms. The number of nitrogens with zero attached hydrogens (tertiary/aromatic N) is 2. The molecule has 0 amide bonds. The lowest BCUT2D eigenvalue weighted by molar-refractivity contribution is -0.141. The number of hydrogen-bond donors (Lipinski definition) is 1. The Labute approximate surface area is 160 Å². The van der Waals surface area contributed by atoms with Gasteiger partial charge in [0.25, 0.3) is 0 Å². The van der Waals surface area contributed by atoms with E-state index in [1.165, 1.54) is 12.3 Å². The zero-order valence-corrected chi connectivity index (χ0v) is 14.9. The maximum absolute atomic E-state index is 14.1. The molecule has 1 atom stereocenters. The van der Waals surface area contributed by atoms with Gasteiger partial charge in [0, 0.05) is 30.8 Å². The zero-order chi connectivity index (χ0) is 20.1. The third-order valence-electron chi connectivity index (χ3n) is 4.62. The van der Waals surface area contributed by atoms with Crippen LogP contribution in [0.2, 0.25) is 0 Å². The van der Waals surface area contributed by atoms with E-state index in [-0.39, 0.29) is 23.7 Å². The molecule has 2 aromatic rings. The van der Waals surface area contributed by atoms with Gasteiger partial charge in [0.2, 0.25) is 0 Å². The van der Waals surface area contributed by atoms with Gasteiger partial charge in [-0.2, -0.15) is 0 Å². The average molecular weight is 392 g/mol. The molecule has 28 heavy (non-hydrogen) atoms. The Morgan fingerprint density at radius 2 is 1.96 bits per heavy atom.